The average molecular weight is 834 g/mol. The first kappa shape index (κ1) is 45.8. The number of alkyl carbamates (subject to hydrolysis) is 1. The smallest absolute Gasteiger partial charge is 0.407 e. The third kappa shape index (κ3) is 10.1. The number of allylic oxidation sites excluding steroid dienone is 3. The Bertz CT molecular complexity index is 1730. The number of nitrogens with one attached hydrogen (secondary N) is 1. The summed E-state index contributed by atoms with van der Waals surface area (Å²) in [5, 5.41) is 2.82. The van der Waals surface area contributed by atoms with Gasteiger partial charge in [-0.05, 0) is 116 Å². The van der Waals surface area contributed by atoms with Crippen LogP contribution in [0.3, 0.4) is 0 Å². The van der Waals surface area contributed by atoms with E-state index in [1.54, 1.807) is 0 Å². The summed E-state index contributed by atoms with van der Waals surface area (Å²) in [6.07, 6.45) is 11.6. The summed E-state index contributed by atoms with van der Waals surface area (Å²) in [5.41, 5.74) is 2.61. The fourth-order valence-electron chi connectivity index (χ4n) is 12.2. The highest BCUT2D eigenvalue weighted by molar-refractivity contribution is 5.69. The van der Waals surface area contributed by atoms with E-state index in [0.29, 0.717) is 47.3 Å². The van der Waals surface area contributed by atoms with E-state index in [1.807, 2.05) is 30.3 Å². The van der Waals surface area contributed by atoms with Crippen LogP contribution in [-0.2, 0) is 49.4 Å². The highest BCUT2D eigenvalue weighted by Gasteiger charge is 2.60. The van der Waals surface area contributed by atoms with Gasteiger partial charge in [-0.15, -0.1) is 0 Å². The van der Waals surface area contributed by atoms with Crippen molar-refractivity contribution in [1.29, 1.82) is 0 Å². The molecule has 5 aliphatic rings. The molecular weight excluding hydrogens is 763 g/mol. The molecule has 332 valence electrons. The SMILES string of the molecule is CC[C@H](/C=C/C(C)[C@H]1CC[C@H]2[C@@H]3CC=C4C[C@@H](OC5O[C@H](COC(C)=O)[C@@H](OC(C)=O)[C@H](OC(C)=O)[C@H]5NC(=O)OCc5ccccc5)CC[C@]4(C)[C@H]3CC[C@]12C)C(C)C. The van der Waals surface area contributed by atoms with Crippen molar-refractivity contribution in [2.75, 3.05) is 6.61 Å². The van der Waals surface area contributed by atoms with Gasteiger partial charge < -0.3 is 33.7 Å². The summed E-state index contributed by atoms with van der Waals surface area (Å²) in [6.45, 7) is 17.9. The van der Waals surface area contributed by atoms with Crippen molar-refractivity contribution in [2.45, 2.75) is 163 Å². The summed E-state index contributed by atoms with van der Waals surface area (Å²) in [7, 11) is 0. The van der Waals surface area contributed by atoms with Crippen LogP contribution in [0.1, 0.15) is 126 Å². The standard InChI is InChI=1S/C49H71NO10/c1-10-35(29(2)3)17-16-30(4)39-20-21-40-38-19-18-36-26-37(22-24-48(36,8)41(38)23-25-49(39,40)9)59-46-43(50-47(54)56-27-34-14-12-11-13-15-34)45(58-33(7)53)44(57-32(6)52)42(60-46)28-55-31(5)51/h11-18,29-30,35,37-46H,10,19-28H2,1-9H3,(H,50,54)/b17-16+/t30?,35-,37+,38+,39-,40+,41+,42-,43-,44-,45-,46?,48+,49-/m1/s1. The van der Waals surface area contributed by atoms with E-state index in [9.17, 15) is 19.2 Å². The van der Waals surface area contributed by atoms with E-state index >= 15 is 0 Å². The van der Waals surface area contributed by atoms with Crippen molar-refractivity contribution in [2.24, 2.45) is 52.3 Å². The second-order valence-corrected chi connectivity index (χ2v) is 19.3. The van der Waals surface area contributed by atoms with Crippen molar-refractivity contribution in [3.05, 3.63) is 59.7 Å². The number of carbonyl (C=O) groups is 4. The number of fused-ring (bicyclic) bond motifs is 5. The molecule has 3 saturated carbocycles. The normalized spacial score (nSPS) is 35.9. The van der Waals surface area contributed by atoms with Gasteiger partial charge in [-0.1, -0.05) is 95.7 Å². The first-order chi connectivity index (χ1) is 28.5. The monoisotopic (exact) mass is 834 g/mol. The Morgan fingerprint density at radius 3 is 2.25 bits per heavy atom. The van der Waals surface area contributed by atoms with Gasteiger partial charge >= 0.3 is 24.0 Å². The Hall–Kier alpha value is -3.70. The molecule has 1 amide bonds. The Balaban J connectivity index is 1.20. The summed E-state index contributed by atoms with van der Waals surface area (Å²) in [5.74, 6) is 2.68. The summed E-state index contributed by atoms with van der Waals surface area (Å²) < 4.78 is 35.7. The maximum atomic E-state index is 13.4. The van der Waals surface area contributed by atoms with Gasteiger partial charge in [0.2, 0.25) is 0 Å². The average Bonchev–Trinajstić information content (AvgIpc) is 3.56. The van der Waals surface area contributed by atoms with Crippen LogP contribution >= 0.6 is 0 Å². The Morgan fingerprint density at radius 1 is 0.867 bits per heavy atom. The van der Waals surface area contributed by atoms with Gasteiger partial charge in [-0.2, -0.15) is 0 Å². The summed E-state index contributed by atoms with van der Waals surface area (Å²) >= 11 is 0. The van der Waals surface area contributed by atoms with Gasteiger partial charge in [0.1, 0.15) is 25.4 Å². The second-order valence-electron chi connectivity index (χ2n) is 19.3. The molecule has 1 heterocycles. The van der Waals surface area contributed by atoms with Gasteiger partial charge in [0, 0.05) is 20.8 Å². The van der Waals surface area contributed by atoms with E-state index in [1.165, 1.54) is 58.4 Å². The molecule has 6 rings (SSSR count). The number of esters is 3. The van der Waals surface area contributed by atoms with Crippen LogP contribution < -0.4 is 5.32 Å². The van der Waals surface area contributed by atoms with Crippen LogP contribution in [0.2, 0.25) is 0 Å². The quantitative estimate of drug-likeness (QED) is 0.110. The molecule has 1 N–H and O–H groups in total. The number of hydrogen-bond donors (Lipinski definition) is 1. The van der Waals surface area contributed by atoms with E-state index in [0.717, 1.165) is 30.7 Å². The molecule has 4 fully saturated rings. The predicted molar refractivity (Wildman–Crippen MR) is 227 cm³/mol. The number of rotatable bonds is 14. The summed E-state index contributed by atoms with van der Waals surface area (Å²) in [4.78, 5) is 50.4. The molecule has 2 unspecified atom stereocenters. The zero-order valence-corrected chi connectivity index (χ0v) is 37.5. The number of amides is 1. The van der Waals surface area contributed by atoms with Crippen LogP contribution in [0.25, 0.3) is 0 Å². The van der Waals surface area contributed by atoms with Crippen LogP contribution in [-0.4, -0.2) is 67.4 Å². The topological polar surface area (TPSA) is 136 Å². The van der Waals surface area contributed by atoms with Gasteiger partial charge in [0.15, 0.2) is 18.5 Å². The third-order valence-corrected chi connectivity index (χ3v) is 15.3. The largest absolute Gasteiger partial charge is 0.463 e. The first-order valence-corrected chi connectivity index (χ1v) is 22.7. The fraction of sp³-hybridized carbons (Fsp3) is 0.714. The first-order valence-electron chi connectivity index (χ1n) is 22.7. The van der Waals surface area contributed by atoms with Gasteiger partial charge in [0.05, 0.1) is 6.10 Å². The predicted octanol–water partition coefficient (Wildman–Crippen LogP) is 9.27. The molecule has 0 bridgehead atoms. The molecule has 1 saturated heterocycles. The van der Waals surface area contributed by atoms with E-state index in [-0.39, 0.29) is 24.7 Å². The van der Waals surface area contributed by atoms with Gasteiger partial charge in [-0.3, -0.25) is 14.4 Å². The summed E-state index contributed by atoms with van der Waals surface area (Å²) in [6, 6.07) is 8.12. The lowest BCUT2D eigenvalue weighted by molar-refractivity contribution is -0.289. The molecule has 0 spiro atoms. The lowest BCUT2D eigenvalue weighted by Gasteiger charge is -2.58. The highest BCUT2D eigenvalue weighted by Crippen LogP contribution is 2.67. The van der Waals surface area contributed by atoms with Gasteiger partial charge in [-0.25, -0.2) is 4.79 Å². The molecule has 14 atom stereocenters. The second kappa shape index (κ2) is 19.6. The fourth-order valence-corrected chi connectivity index (χ4v) is 12.2. The number of ether oxygens (including phenoxy) is 6. The van der Waals surface area contributed by atoms with Crippen LogP contribution in [0.15, 0.2) is 54.1 Å². The zero-order valence-electron chi connectivity index (χ0n) is 37.5. The highest BCUT2D eigenvalue weighted by atomic mass is 16.7. The molecular formula is C49H71NO10. The number of benzene rings is 1. The van der Waals surface area contributed by atoms with Crippen LogP contribution in [0, 0.1) is 52.3 Å². The minimum absolute atomic E-state index is 0.00159. The molecule has 1 aliphatic heterocycles. The third-order valence-electron chi connectivity index (χ3n) is 15.3. The molecule has 11 nitrogen and oxygen atoms in total. The molecule has 0 aromatic heterocycles. The molecule has 4 aliphatic carbocycles. The molecule has 11 heteroatoms. The Morgan fingerprint density at radius 2 is 1.58 bits per heavy atom. The molecule has 1 aromatic carbocycles. The van der Waals surface area contributed by atoms with Crippen molar-refractivity contribution in [3.63, 3.8) is 0 Å². The van der Waals surface area contributed by atoms with Crippen molar-refractivity contribution < 1.29 is 47.6 Å². The molecule has 0 radical (unpaired) electrons. The molecule has 60 heavy (non-hydrogen) atoms. The maximum Gasteiger partial charge on any atom is 0.407 e. The van der Waals surface area contributed by atoms with Crippen molar-refractivity contribution >= 4 is 24.0 Å². The van der Waals surface area contributed by atoms with Crippen molar-refractivity contribution in [3.8, 4) is 0 Å². The zero-order chi connectivity index (χ0) is 43.4. The maximum absolute atomic E-state index is 13.4. The van der Waals surface area contributed by atoms with Crippen molar-refractivity contribution in [1.82, 2.24) is 5.32 Å². The Kier molecular flexibility index (Phi) is 14.9. The van der Waals surface area contributed by atoms with Crippen LogP contribution in [0.5, 0.6) is 0 Å². The Labute approximate surface area is 358 Å². The van der Waals surface area contributed by atoms with Crippen LogP contribution in [0.4, 0.5) is 4.79 Å². The van der Waals surface area contributed by atoms with E-state index < -0.39 is 54.6 Å². The number of carbonyl (C=O) groups excluding carboxylic acids is 4. The van der Waals surface area contributed by atoms with E-state index in [2.05, 4.69) is 65.1 Å². The van der Waals surface area contributed by atoms with Gasteiger partial charge in [0.25, 0.3) is 0 Å². The molecule has 1 aromatic rings. The minimum Gasteiger partial charge on any atom is -0.463 e. The number of hydrogen-bond acceptors (Lipinski definition) is 10. The van der Waals surface area contributed by atoms with E-state index in [4.69, 9.17) is 28.4 Å². The minimum atomic E-state index is -1.24. The lowest BCUT2D eigenvalue weighted by atomic mass is 9.47. The lowest BCUT2D eigenvalue weighted by Crippen LogP contribution is -2.67.